The SMILES string of the molecule is N[C@@H](c1ccc(C(F)(F)F)cc1)C1CCCC1. The molecule has 17 heavy (non-hydrogen) atoms. The first-order valence-electron chi connectivity index (χ1n) is 5.91. The van der Waals surface area contributed by atoms with Crippen molar-refractivity contribution in [2.24, 2.45) is 11.7 Å². The minimum absolute atomic E-state index is 0.125. The van der Waals surface area contributed by atoms with Gasteiger partial charge in [0.25, 0.3) is 0 Å². The van der Waals surface area contributed by atoms with Gasteiger partial charge >= 0.3 is 6.18 Å². The summed E-state index contributed by atoms with van der Waals surface area (Å²) in [6.07, 6.45) is 0.262. The van der Waals surface area contributed by atoms with Crippen LogP contribution in [0, 0.1) is 5.92 Å². The fourth-order valence-corrected chi connectivity index (χ4v) is 2.48. The highest BCUT2D eigenvalue weighted by atomic mass is 19.4. The summed E-state index contributed by atoms with van der Waals surface area (Å²) in [5.74, 6) is 0.423. The van der Waals surface area contributed by atoms with E-state index >= 15 is 0 Å². The van der Waals surface area contributed by atoms with Crippen LogP contribution in [0.4, 0.5) is 13.2 Å². The normalized spacial score (nSPS) is 19.5. The molecule has 0 radical (unpaired) electrons. The van der Waals surface area contributed by atoms with Crippen LogP contribution in [0.5, 0.6) is 0 Å². The molecule has 4 heteroatoms. The van der Waals surface area contributed by atoms with Crippen molar-refractivity contribution in [1.82, 2.24) is 0 Å². The van der Waals surface area contributed by atoms with Gasteiger partial charge in [0, 0.05) is 6.04 Å². The van der Waals surface area contributed by atoms with E-state index in [4.69, 9.17) is 5.73 Å². The number of nitrogens with two attached hydrogens (primary N) is 1. The third kappa shape index (κ3) is 2.80. The molecule has 1 aromatic rings. The van der Waals surface area contributed by atoms with E-state index in [1.165, 1.54) is 25.0 Å². The molecular weight excluding hydrogens is 227 g/mol. The predicted molar refractivity (Wildman–Crippen MR) is 60.3 cm³/mol. The van der Waals surface area contributed by atoms with Crippen molar-refractivity contribution in [3.05, 3.63) is 35.4 Å². The van der Waals surface area contributed by atoms with Gasteiger partial charge in [-0.15, -0.1) is 0 Å². The summed E-state index contributed by atoms with van der Waals surface area (Å²) in [5, 5.41) is 0. The number of benzene rings is 1. The van der Waals surface area contributed by atoms with Gasteiger partial charge in [-0.25, -0.2) is 0 Å². The second-order valence-electron chi connectivity index (χ2n) is 4.69. The minimum atomic E-state index is -4.27. The van der Waals surface area contributed by atoms with Gasteiger partial charge < -0.3 is 5.73 Å². The van der Waals surface area contributed by atoms with Gasteiger partial charge in [-0.3, -0.25) is 0 Å². The molecule has 2 N–H and O–H groups in total. The molecule has 1 nitrogen and oxygen atoms in total. The molecule has 0 aromatic heterocycles. The molecule has 1 aromatic carbocycles. The van der Waals surface area contributed by atoms with Crippen molar-refractivity contribution in [1.29, 1.82) is 0 Å². The number of alkyl halides is 3. The smallest absolute Gasteiger partial charge is 0.324 e. The van der Waals surface area contributed by atoms with Crippen LogP contribution in [0.1, 0.15) is 42.9 Å². The van der Waals surface area contributed by atoms with E-state index in [9.17, 15) is 13.2 Å². The molecule has 1 atom stereocenters. The van der Waals surface area contributed by atoms with Crippen LogP contribution in [0.3, 0.4) is 0 Å². The van der Waals surface area contributed by atoms with Crippen molar-refractivity contribution in [3.63, 3.8) is 0 Å². The van der Waals surface area contributed by atoms with Gasteiger partial charge in [-0.1, -0.05) is 25.0 Å². The maximum atomic E-state index is 12.4. The van der Waals surface area contributed by atoms with Crippen molar-refractivity contribution in [2.45, 2.75) is 37.9 Å². The highest BCUT2D eigenvalue weighted by Crippen LogP contribution is 2.35. The monoisotopic (exact) mass is 243 g/mol. The lowest BCUT2D eigenvalue weighted by atomic mass is 9.92. The van der Waals surface area contributed by atoms with Gasteiger partial charge in [0.05, 0.1) is 5.56 Å². The summed E-state index contributed by atoms with van der Waals surface area (Å²) in [4.78, 5) is 0. The molecule has 2 rings (SSSR count). The van der Waals surface area contributed by atoms with E-state index in [0.29, 0.717) is 5.92 Å². The zero-order chi connectivity index (χ0) is 12.5. The Balaban J connectivity index is 2.12. The standard InChI is InChI=1S/C13H16F3N/c14-13(15,16)11-7-5-10(6-8-11)12(17)9-3-1-2-4-9/h5-9,12H,1-4,17H2/t12-/m1/s1. The molecule has 0 unspecified atom stereocenters. The Hall–Kier alpha value is -1.03. The van der Waals surface area contributed by atoms with Crippen LogP contribution in [0.15, 0.2) is 24.3 Å². The second kappa shape index (κ2) is 4.69. The van der Waals surface area contributed by atoms with Crippen molar-refractivity contribution in [3.8, 4) is 0 Å². The fraction of sp³-hybridized carbons (Fsp3) is 0.538. The van der Waals surface area contributed by atoms with Crippen molar-refractivity contribution in [2.75, 3.05) is 0 Å². The zero-order valence-corrected chi connectivity index (χ0v) is 9.50. The molecule has 1 saturated carbocycles. The first kappa shape index (κ1) is 12.4. The maximum absolute atomic E-state index is 12.4. The number of hydrogen-bond acceptors (Lipinski definition) is 1. The topological polar surface area (TPSA) is 26.0 Å². The van der Waals surface area contributed by atoms with Crippen LogP contribution >= 0.6 is 0 Å². The van der Waals surface area contributed by atoms with Crippen LogP contribution in [0.2, 0.25) is 0 Å². The fourth-order valence-electron chi connectivity index (χ4n) is 2.48. The van der Waals surface area contributed by atoms with E-state index in [-0.39, 0.29) is 6.04 Å². The molecule has 94 valence electrons. The zero-order valence-electron chi connectivity index (χ0n) is 9.50. The van der Waals surface area contributed by atoms with E-state index in [1.807, 2.05) is 0 Å². The van der Waals surface area contributed by atoms with Gasteiger partial charge in [0.2, 0.25) is 0 Å². The number of rotatable bonds is 2. The van der Waals surface area contributed by atoms with Crippen LogP contribution in [-0.4, -0.2) is 0 Å². The summed E-state index contributed by atoms with van der Waals surface area (Å²) in [7, 11) is 0. The molecule has 0 spiro atoms. The van der Waals surface area contributed by atoms with E-state index in [1.54, 1.807) is 0 Å². The third-order valence-corrected chi connectivity index (χ3v) is 3.53. The van der Waals surface area contributed by atoms with E-state index in [2.05, 4.69) is 0 Å². The molecule has 1 aliphatic rings. The summed E-state index contributed by atoms with van der Waals surface area (Å²) < 4.78 is 37.2. The Kier molecular flexibility index (Phi) is 3.43. The van der Waals surface area contributed by atoms with Crippen LogP contribution < -0.4 is 5.73 Å². The van der Waals surface area contributed by atoms with Crippen LogP contribution in [-0.2, 0) is 6.18 Å². The van der Waals surface area contributed by atoms with Crippen molar-refractivity contribution >= 4 is 0 Å². The first-order chi connectivity index (χ1) is 7.98. The molecule has 0 amide bonds. The van der Waals surface area contributed by atoms with Gasteiger partial charge in [0.15, 0.2) is 0 Å². The van der Waals surface area contributed by atoms with Gasteiger partial charge in [0.1, 0.15) is 0 Å². The minimum Gasteiger partial charge on any atom is -0.324 e. The highest BCUT2D eigenvalue weighted by Gasteiger charge is 2.30. The highest BCUT2D eigenvalue weighted by molar-refractivity contribution is 5.27. The van der Waals surface area contributed by atoms with E-state index in [0.717, 1.165) is 30.5 Å². The Labute approximate surface area is 98.8 Å². The summed E-state index contributed by atoms with van der Waals surface area (Å²) in [6.45, 7) is 0. The number of halogens is 3. The number of hydrogen-bond donors (Lipinski definition) is 1. The molecular formula is C13H16F3N. The molecule has 1 aliphatic carbocycles. The summed E-state index contributed by atoms with van der Waals surface area (Å²) >= 11 is 0. The lowest BCUT2D eigenvalue weighted by Crippen LogP contribution is -2.19. The second-order valence-corrected chi connectivity index (χ2v) is 4.69. The predicted octanol–water partition coefficient (Wildman–Crippen LogP) is 3.90. The molecule has 0 heterocycles. The maximum Gasteiger partial charge on any atom is 0.416 e. The third-order valence-electron chi connectivity index (χ3n) is 3.53. The van der Waals surface area contributed by atoms with Gasteiger partial charge in [-0.2, -0.15) is 13.2 Å². The first-order valence-corrected chi connectivity index (χ1v) is 5.91. The Morgan fingerprint density at radius 3 is 2.06 bits per heavy atom. The Bertz CT molecular complexity index is 363. The lowest BCUT2D eigenvalue weighted by molar-refractivity contribution is -0.137. The Morgan fingerprint density at radius 2 is 1.59 bits per heavy atom. The largest absolute Gasteiger partial charge is 0.416 e. The molecule has 0 saturated heterocycles. The Morgan fingerprint density at radius 1 is 1.06 bits per heavy atom. The average molecular weight is 243 g/mol. The van der Waals surface area contributed by atoms with E-state index < -0.39 is 11.7 Å². The molecule has 0 aliphatic heterocycles. The summed E-state index contributed by atoms with van der Waals surface area (Å²) in [6, 6.07) is 5.12. The molecule has 1 fully saturated rings. The molecule has 0 bridgehead atoms. The van der Waals surface area contributed by atoms with Gasteiger partial charge in [-0.05, 0) is 36.5 Å². The lowest BCUT2D eigenvalue weighted by Gasteiger charge is -2.19. The van der Waals surface area contributed by atoms with Crippen LogP contribution in [0.25, 0.3) is 0 Å². The summed E-state index contributed by atoms with van der Waals surface area (Å²) in [5.41, 5.74) is 6.28. The average Bonchev–Trinajstić information content (AvgIpc) is 2.80. The van der Waals surface area contributed by atoms with Crippen molar-refractivity contribution < 1.29 is 13.2 Å². The quantitative estimate of drug-likeness (QED) is 0.837.